The SMILES string of the molecule is CCC(C)(Oc1ccc(OCCCO)cc1)C(=O)OC. The molecule has 5 nitrogen and oxygen atoms in total. The molecule has 20 heavy (non-hydrogen) atoms. The highest BCUT2D eigenvalue weighted by atomic mass is 16.6. The third kappa shape index (κ3) is 4.42. The summed E-state index contributed by atoms with van der Waals surface area (Å²) in [5.41, 5.74) is -0.992. The average Bonchev–Trinajstić information content (AvgIpc) is 2.48. The van der Waals surface area contributed by atoms with Crippen molar-refractivity contribution in [2.75, 3.05) is 20.3 Å². The molecule has 1 aromatic rings. The Hall–Kier alpha value is -1.75. The molecule has 0 fully saturated rings. The first-order chi connectivity index (χ1) is 9.55. The molecule has 0 heterocycles. The highest BCUT2D eigenvalue weighted by Gasteiger charge is 2.34. The first-order valence-electron chi connectivity index (χ1n) is 6.67. The van der Waals surface area contributed by atoms with E-state index in [0.29, 0.717) is 30.9 Å². The molecule has 0 aliphatic heterocycles. The predicted octanol–water partition coefficient (Wildman–Crippen LogP) is 2.17. The zero-order valence-electron chi connectivity index (χ0n) is 12.2. The summed E-state index contributed by atoms with van der Waals surface area (Å²) < 4.78 is 15.9. The minimum Gasteiger partial charge on any atom is -0.494 e. The number of methoxy groups -OCH3 is 1. The van der Waals surface area contributed by atoms with Gasteiger partial charge < -0.3 is 19.3 Å². The van der Waals surface area contributed by atoms with Crippen LogP contribution in [0.3, 0.4) is 0 Å². The molecule has 1 atom stereocenters. The smallest absolute Gasteiger partial charge is 0.349 e. The molecule has 0 radical (unpaired) electrons. The summed E-state index contributed by atoms with van der Waals surface area (Å²) in [5.74, 6) is 0.875. The second-order valence-electron chi connectivity index (χ2n) is 4.58. The van der Waals surface area contributed by atoms with E-state index in [2.05, 4.69) is 0 Å². The number of aliphatic hydroxyl groups is 1. The van der Waals surface area contributed by atoms with Gasteiger partial charge in [0.05, 0.1) is 13.7 Å². The number of carbonyl (C=O) groups is 1. The number of benzene rings is 1. The van der Waals surface area contributed by atoms with E-state index < -0.39 is 11.6 Å². The van der Waals surface area contributed by atoms with E-state index in [0.717, 1.165) is 0 Å². The van der Waals surface area contributed by atoms with E-state index in [9.17, 15) is 4.79 Å². The number of ether oxygens (including phenoxy) is 3. The number of aliphatic hydroxyl groups excluding tert-OH is 1. The number of carbonyl (C=O) groups excluding carboxylic acids is 1. The van der Waals surface area contributed by atoms with Gasteiger partial charge in [0.2, 0.25) is 5.60 Å². The molecule has 1 aromatic carbocycles. The van der Waals surface area contributed by atoms with Crippen LogP contribution in [0, 0.1) is 0 Å². The lowest BCUT2D eigenvalue weighted by atomic mass is 10.0. The number of rotatable bonds is 8. The summed E-state index contributed by atoms with van der Waals surface area (Å²) >= 11 is 0. The Bertz CT molecular complexity index is 415. The van der Waals surface area contributed by atoms with Crippen LogP contribution in [0.5, 0.6) is 11.5 Å². The van der Waals surface area contributed by atoms with Crippen molar-refractivity contribution >= 4 is 5.97 Å². The molecule has 1 unspecified atom stereocenters. The van der Waals surface area contributed by atoms with Crippen LogP contribution in [-0.2, 0) is 9.53 Å². The molecular weight excluding hydrogens is 260 g/mol. The highest BCUT2D eigenvalue weighted by molar-refractivity contribution is 5.79. The van der Waals surface area contributed by atoms with Crippen LogP contribution in [0.25, 0.3) is 0 Å². The Labute approximate surface area is 119 Å². The largest absolute Gasteiger partial charge is 0.494 e. The number of esters is 1. The molecule has 0 saturated carbocycles. The molecule has 0 amide bonds. The highest BCUT2D eigenvalue weighted by Crippen LogP contribution is 2.24. The predicted molar refractivity (Wildman–Crippen MR) is 75.0 cm³/mol. The molecule has 0 aliphatic carbocycles. The topological polar surface area (TPSA) is 65.0 Å². The fraction of sp³-hybridized carbons (Fsp3) is 0.533. The zero-order valence-corrected chi connectivity index (χ0v) is 12.2. The number of hydrogen-bond donors (Lipinski definition) is 1. The second-order valence-corrected chi connectivity index (χ2v) is 4.58. The van der Waals surface area contributed by atoms with E-state index in [1.807, 2.05) is 6.92 Å². The summed E-state index contributed by atoms with van der Waals surface area (Å²) in [6.45, 7) is 4.13. The summed E-state index contributed by atoms with van der Waals surface area (Å²) in [4.78, 5) is 11.7. The Morgan fingerprint density at radius 1 is 1.25 bits per heavy atom. The third-order valence-electron chi connectivity index (χ3n) is 3.03. The van der Waals surface area contributed by atoms with Crippen LogP contribution >= 0.6 is 0 Å². The summed E-state index contributed by atoms with van der Waals surface area (Å²) in [6.07, 6.45) is 1.10. The van der Waals surface area contributed by atoms with Gasteiger partial charge in [-0.15, -0.1) is 0 Å². The molecular formula is C15H22O5. The molecule has 0 aromatic heterocycles. The van der Waals surface area contributed by atoms with Crippen LogP contribution in [0.1, 0.15) is 26.7 Å². The molecule has 1 rings (SSSR count). The maximum atomic E-state index is 11.7. The van der Waals surface area contributed by atoms with E-state index in [1.165, 1.54) is 7.11 Å². The quantitative estimate of drug-likeness (QED) is 0.584. The first-order valence-corrected chi connectivity index (χ1v) is 6.67. The summed E-state index contributed by atoms with van der Waals surface area (Å²) in [6, 6.07) is 7.01. The van der Waals surface area contributed by atoms with Gasteiger partial charge in [-0.25, -0.2) is 4.79 Å². The minimum absolute atomic E-state index is 0.106. The Kier molecular flexibility index (Phi) is 6.31. The monoisotopic (exact) mass is 282 g/mol. The van der Waals surface area contributed by atoms with Gasteiger partial charge >= 0.3 is 5.97 Å². The first kappa shape index (κ1) is 16.3. The lowest BCUT2D eigenvalue weighted by Gasteiger charge is -2.26. The van der Waals surface area contributed by atoms with Crippen molar-refractivity contribution in [2.45, 2.75) is 32.3 Å². The molecule has 112 valence electrons. The van der Waals surface area contributed by atoms with Crippen molar-refractivity contribution in [1.29, 1.82) is 0 Å². The molecule has 0 spiro atoms. The van der Waals surface area contributed by atoms with Crippen molar-refractivity contribution < 1.29 is 24.1 Å². The lowest BCUT2D eigenvalue weighted by molar-refractivity contribution is -0.157. The van der Waals surface area contributed by atoms with Gasteiger partial charge in [-0.2, -0.15) is 0 Å². The molecule has 0 aliphatic rings. The number of hydrogen-bond acceptors (Lipinski definition) is 5. The molecule has 0 saturated heterocycles. The van der Waals surface area contributed by atoms with Gasteiger partial charge in [0, 0.05) is 13.0 Å². The van der Waals surface area contributed by atoms with Crippen LogP contribution in [-0.4, -0.2) is 37.0 Å². The third-order valence-corrected chi connectivity index (χ3v) is 3.03. The van der Waals surface area contributed by atoms with Crippen LogP contribution in [0.15, 0.2) is 24.3 Å². The van der Waals surface area contributed by atoms with E-state index in [4.69, 9.17) is 19.3 Å². The lowest BCUT2D eigenvalue weighted by Crippen LogP contribution is -2.41. The van der Waals surface area contributed by atoms with Crippen molar-refractivity contribution in [3.05, 3.63) is 24.3 Å². The Morgan fingerprint density at radius 2 is 1.85 bits per heavy atom. The van der Waals surface area contributed by atoms with Crippen molar-refractivity contribution in [2.24, 2.45) is 0 Å². The fourth-order valence-corrected chi connectivity index (χ4v) is 1.59. The van der Waals surface area contributed by atoms with Gasteiger partial charge in [-0.3, -0.25) is 0 Å². The van der Waals surface area contributed by atoms with Crippen molar-refractivity contribution in [3.8, 4) is 11.5 Å². The van der Waals surface area contributed by atoms with E-state index >= 15 is 0 Å². The van der Waals surface area contributed by atoms with E-state index in [1.54, 1.807) is 31.2 Å². The van der Waals surface area contributed by atoms with Gasteiger partial charge in [-0.1, -0.05) is 6.92 Å². The van der Waals surface area contributed by atoms with Gasteiger partial charge in [0.15, 0.2) is 0 Å². The van der Waals surface area contributed by atoms with Gasteiger partial charge in [-0.05, 0) is 37.6 Å². The summed E-state index contributed by atoms with van der Waals surface area (Å²) in [5, 5.41) is 8.67. The van der Waals surface area contributed by atoms with E-state index in [-0.39, 0.29) is 6.61 Å². The zero-order chi connectivity index (χ0) is 15.0. The van der Waals surface area contributed by atoms with Gasteiger partial charge in [0.25, 0.3) is 0 Å². The molecule has 1 N–H and O–H groups in total. The van der Waals surface area contributed by atoms with Crippen LogP contribution in [0.4, 0.5) is 0 Å². The maximum Gasteiger partial charge on any atom is 0.349 e. The fourth-order valence-electron chi connectivity index (χ4n) is 1.59. The van der Waals surface area contributed by atoms with Crippen molar-refractivity contribution in [1.82, 2.24) is 0 Å². The molecule has 5 heteroatoms. The van der Waals surface area contributed by atoms with Crippen LogP contribution < -0.4 is 9.47 Å². The normalized spacial score (nSPS) is 13.4. The molecule has 0 bridgehead atoms. The standard InChI is InChI=1S/C15H22O5/c1-4-15(2,14(17)18-3)20-13-8-6-12(7-9-13)19-11-5-10-16/h6-9,16H,4-5,10-11H2,1-3H3. The second kappa shape index (κ2) is 7.75. The Morgan fingerprint density at radius 3 is 2.35 bits per heavy atom. The average molecular weight is 282 g/mol. The summed E-state index contributed by atoms with van der Waals surface area (Å²) in [7, 11) is 1.34. The minimum atomic E-state index is -0.992. The van der Waals surface area contributed by atoms with Crippen molar-refractivity contribution in [3.63, 3.8) is 0 Å². The Balaban J connectivity index is 2.66. The van der Waals surface area contributed by atoms with Gasteiger partial charge in [0.1, 0.15) is 11.5 Å². The maximum absolute atomic E-state index is 11.7. The van der Waals surface area contributed by atoms with Crippen LogP contribution in [0.2, 0.25) is 0 Å².